The molecule has 4 heteroatoms. The first-order valence-corrected chi connectivity index (χ1v) is 20.8. The van der Waals surface area contributed by atoms with Crippen molar-refractivity contribution in [2.45, 2.75) is 0 Å². The standard InChI is InChI=1S/C55H33N3S/c1-3-14-35(15-4-1)48-33-49(57-55(56-48)37-16-5-2-6-17-37)44-23-13-24-46-53(44)58-52(51-45-22-11-12-25-50(45)59-54(46)51)36-28-26-34(27-29-36)38-30-31-43-41-20-8-7-18-39(41)40-19-9-10-21-42(40)47(43)32-38/h1-33H. The number of fused-ring (bicyclic) bond motifs is 11. The zero-order chi connectivity index (χ0) is 38.9. The third kappa shape index (κ3) is 5.53. The molecule has 12 rings (SSSR count). The minimum Gasteiger partial charge on any atom is -0.246 e. The Bertz CT molecular complexity index is 3500. The molecule has 0 fully saturated rings. The molecule has 0 spiro atoms. The predicted molar refractivity (Wildman–Crippen MR) is 250 cm³/mol. The van der Waals surface area contributed by atoms with Gasteiger partial charge in [0.1, 0.15) is 0 Å². The van der Waals surface area contributed by atoms with Gasteiger partial charge in [-0.2, -0.15) is 0 Å². The van der Waals surface area contributed by atoms with Crippen LogP contribution >= 0.6 is 11.3 Å². The van der Waals surface area contributed by atoms with Crippen LogP contribution in [0.4, 0.5) is 0 Å². The maximum Gasteiger partial charge on any atom is 0.160 e. The smallest absolute Gasteiger partial charge is 0.160 e. The monoisotopic (exact) mass is 767 g/mol. The lowest BCUT2D eigenvalue weighted by Gasteiger charge is -2.14. The van der Waals surface area contributed by atoms with Gasteiger partial charge in [-0.1, -0.05) is 182 Å². The molecule has 0 unspecified atom stereocenters. The summed E-state index contributed by atoms with van der Waals surface area (Å²) in [5.41, 5.74) is 10.1. The third-order valence-electron chi connectivity index (χ3n) is 11.7. The van der Waals surface area contributed by atoms with Gasteiger partial charge in [-0.15, -0.1) is 11.3 Å². The van der Waals surface area contributed by atoms with Gasteiger partial charge in [0.2, 0.25) is 0 Å². The van der Waals surface area contributed by atoms with Crippen LogP contribution in [0.1, 0.15) is 0 Å². The van der Waals surface area contributed by atoms with E-state index in [1.165, 1.54) is 63.6 Å². The van der Waals surface area contributed by atoms with Crippen LogP contribution in [0.25, 0.3) is 120 Å². The molecule has 9 aromatic carbocycles. The van der Waals surface area contributed by atoms with Crippen LogP contribution in [0.3, 0.4) is 0 Å². The van der Waals surface area contributed by atoms with Gasteiger partial charge in [-0.05, 0) is 61.6 Å². The second kappa shape index (κ2) is 13.6. The molecule has 0 saturated heterocycles. The van der Waals surface area contributed by atoms with Gasteiger partial charge in [-0.25, -0.2) is 15.0 Å². The Kier molecular flexibility index (Phi) is 7.72. The van der Waals surface area contributed by atoms with Gasteiger partial charge < -0.3 is 0 Å². The van der Waals surface area contributed by atoms with Crippen molar-refractivity contribution in [3.8, 4) is 56.3 Å². The Balaban J connectivity index is 1.05. The van der Waals surface area contributed by atoms with E-state index in [4.69, 9.17) is 15.0 Å². The topological polar surface area (TPSA) is 38.7 Å². The van der Waals surface area contributed by atoms with Crippen molar-refractivity contribution in [2.24, 2.45) is 0 Å². The van der Waals surface area contributed by atoms with Crippen LogP contribution in [-0.4, -0.2) is 15.0 Å². The highest BCUT2D eigenvalue weighted by Crippen LogP contribution is 2.45. The molecule has 12 aromatic rings. The summed E-state index contributed by atoms with van der Waals surface area (Å²) in [7, 11) is 0. The molecular formula is C55H33N3S. The number of pyridine rings is 1. The highest BCUT2D eigenvalue weighted by Gasteiger charge is 2.20. The Morgan fingerprint density at radius 1 is 0.322 bits per heavy atom. The summed E-state index contributed by atoms with van der Waals surface area (Å²) in [6, 6.07) is 71.3. The lowest BCUT2D eigenvalue weighted by Crippen LogP contribution is -1.97. The molecule has 3 heterocycles. The van der Waals surface area contributed by atoms with E-state index in [1.54, 1.807) is 0 Å². The summed E-state index contributed by atoms with van der Waals surface area (Å²) in [4.78, 5) is 15.9. The molecular weight excluding hydrogens is 735 g/mol. The first-order chi connectivity index (χ1) is 29.2. The van der Waals surface area contributed by atoms with Crippen molar-refractivity contribution in [3.63, 3.8) is 0 Å². The van der Waals surface area contributed by atoms with E-state index < -0.39 is 0 Å². The fraction of sp³-hybridized carbons (Fsp3) is 0. The second-order valence-electron chi connectivity index (χ2n) is 15.1. The average molecular weight is 768 g/mol. The number of aromatic nitrogens is 3. The van der Waals surface area contributed by atoms with E-state index in [1.807, 2.05) is 35.6 Å². The highest BCUT2D eigenvalue weighted by atomic mass is 32.1. The van der Waals surface area contributed by atoms with Crippen LogP contribution in [-0.2, 0) is 0 Å². The molecule has 274 valence electrons. The van der Waals surface area contributed by atoms with E-state index in [0.29, 0.717) is 5.82 Å². The molecule has 0 aliphatic rings. The third-order valence-corrected chi connectivity index (χ3v) is 12.9. The minimum absolute atomic E-state index is 0.688. The Hall–Kier alpha value is -7.53. The first kappa shape index (κ1) is 33.6. The predicted octanol–water partition coefficient (Wildman–Crippen LogP) is 15.2. The normalized spacial score (nSPS) is 11.7. The van der Waals surface area contributed by atoms with Crippen molar-refractivity contribution in [2.75, 3.05) is 0 Å². The van der Waals surface area contributed by atoms with E-state index >= 15 is 0 Å². The molecule has 0 amide bonds. The van der Waals surface area contributed by atoms with E-state index in [-0.39, 0.29) is 0 Å². The number of hydrogen-bond donors (Lipinski definition) is 0. The van der Waals surface area contributed by atoms with Gasteiger partial charge in [0.15, 0.2) is 5.82 Å². The van der Waals surface area contributed by atoms with Gasteiger partial charge >= 0.3 is 0 Å². The SMILES string of the molecule is c1ccc(-c2cc(-c3cccc4c3nc(-c3ccc(-c5ccc6c7ccccc7c7ccccc7c6c5)cc3)c3c5ccccc5sc43)nc(-c3ccccc3)n2)cc1. The number of nitrogens with zero attached hydrogens (tertiary/aromatic N) is 3. The first-order valence-electron chi connectivity index (χ1n) is 19.9. The van der Waals surface area contributed by atoms with Crippen LogP contribution in [0, 0.1) is 0 Å². The Morgan fingerprint density at radius 2 is 0.864 bits per heavy atom. The Morgan fingerprint density at radius 3 is 1.58 bits per heavy atom. The van der Waals surface area contributed by atoms with Gasteiger partial charge in [0.25, 0.3) is 0 Å². The number of hydrogen-bond acceptors (Lipinski definition) is 4. The van der Waals surface area contributed by atoms with Crippen molar-refractivity contribution in [1.82, 2.24) is 15.0 Å². The fourth-order valence-corrected chi connectivity index (χ4v) is 10.1. The number of para-hydroxylation sites is 1. The van der Waals surface area contributed by atoms with Crippen LogP contribution in [0.2, 0.25) is 0 Å². The summed E-state index contributed by atoms with van der Waals surface area (Å²) < 4.78 is 2.47. The summed E-state index contributed by atoms with van der Waals surface area (Å²) in [6.45, 7) is 0. The molecule has 59 heavy (non-hydrogen) atoms. The lowest BCUT2D eigenvalue weighted by molar-refractivity contribution is 1.18. The molecule has 0 aliphatic carbocycles. The minimum atomic E-state index is 0.688. The van der Waals surface area contributed by atoms with Gasteiger partial charge in [0.05, 0.1) is 22.6 Å². The van der Waals surface area contributed by atoms with Crippen LogP contribution < -0.4 is 0 Å². The second-order valence-corrected chi connectivity index (χ2v) is 16.1. The largest absolute Gasteiger partial charge is 0.246 e. The van der Waals surface area contributed by atoms with Crippen LogP contribution in [0.5, 0.6) is 0 Å². The fourth-order valence-electron chi connectivity index (χ4n) is 8.87. The molecule has 0 radical (unpaired) electrons. The maximum atomic E-state index is 5.63. The number of rotatable bonds is 5. The molecule has 0 saturated carbocycles. The van der Waals surface area contributed by atoms with Crippen molar-refractivity contribution < 1.29 is 0 Å². The summed E-state index contributed by atoms with van der Waals surface area (Å²) in [6.07, 6.45) is 0. The maximum absolute atomic E-state index is 5.63. The summed E-state index contributed by atoms with van der Waals surface area (Å²) in [5, 5.41) is 11.2. The summed E-state index contributed by atoms with van der Waals surface area (Å²) >= 11 is 1.83. The molecule has 3 aromatic heterocycles. The van der Waals surface area contributed by atoms with Gasteiger partial charge in [0, 0.05) is 47.8 Å². The van der Waals surface area contributed by atoms with Crippen molar-refractivity contribution >= 4 is 74.7 Å². The van der Waals surface area contributed by atoms with E-state index in [0.717, 1.165) is 50.2 Å². The molecule has 0 bridgehead atoms. The quantitative estimate of drug-likeness (QED) is 0.164. The Labute approximate surface area is 344 Å². The number of thiophene rings is 1. The van der Waals surface area contributed by atoms with E-state index in [2.05, 4.69) is 176 Å². The average Bonchev–Trinajstić information content (AvgIpc) is 3.72. The molecule has 0 atom stereocenters. The summed E-state index contributed by atoms with van der Waals surface area (Å²) in [5.74, 6) is 0.688. The zero-order valence-electron chi connectivity index (χ0n) is 31.8. The molecule has 0 aliphatic heterocycles. The van der Waals surface area contributed by atoms with Crippen molar-refractivity contribution in [1.29, 1.82) is 0 Å². The highest BCUT2D eigenvalue weighted by molar-refractivity contribution is 7.26. The zero-order valence-corrected chi connectivity index (χ0v) is 32.6. The number of benzene rings is 9. The van der Waals surface area contributed by atoms with Crippen LogP contribution in [0.15, 0.2) is 200 Å². The van der Waals surface area contributed by atoms with Gasteiger partial charge in [-0.3, -0.25) is 0 Å². The van der Waals surface area contributed by atoms with E-state index in [9.17, 15) is 0 Å². The van der Waals surface area contributed by atoms with Crippen molar-refractivity contribution in [3.05, 3.63) is 200 Å². The molecule has 3 nitrogen and oxygen atoms in total. The molecule has 0 N–H and O–H groups in total. The lowest BCUT2D eigenvalue weighted by atomic mass is 9.92.